The maximum absolute atomic E-state index is 13.0. The average molecular weight is 382 g/mol. The zero-order chi connectivity index (χ0) is 19.8. The van der Waals surface area contributed by atoms with Gasteiger partial charge >= 0.3 is 0 Å². The van der Waals surface area contributed by atoms with Crippen LogP contribution in [0.3, 0.4) is 0 Å². The van der Waals surface area contributed by atoms with Crippen LogP contribution in [0.1, 0.15) is 32.4 Å². The van der Waals surface area contributed by atoms with Gasteiger partial charge in [-0.3, -0.25) is 9.59 Å². The van der Waals surface area contributed by atoms with Crippen LogP contribution in [0.25, 0.3) is 5.78 Å². The van der Waals surface area contributed by atoms with Gasteiger partial charge < -0.3 is 9.80 Å². The van der Waals surface area contributed by atoms with E-state index in [0.29, 0.717) is 37.5 Å². The molecule has 4 rings (SSSR count). The maximum atomic E-state index is 13.0. The third-order valence-electron chi connectivity index (χ3n) is 4.75. The van der Waals surface area contributed by atoms with E-state index < -0.39 is 0 Å². The normalized spacial score (nSPS) is 14.5. The molecule has 0 unspecified atom stereocenters. The number of fused-ring (bicyclic) bond motifs is 1. The van der Waals surface area contributed by atoms with Gasteiger partial charge in [-0.2, -0.15) is 4.98 Å². The summed E-state index contributed by atoms with van der Waals surface area (Å²) < 4.78 is 14.6. The summed E-state index contributed by atoms with van der Waals surface area (Å²) in [7, 11) is 0. The molecule has 28 heavy (non-hydrogen) atoms. The summed E-state index contributed by atoms with van der Waals surface area (Å²) in [5.74, 6) is -0.345. The van der Waals surface area contributed by atoms with Gasteiger partial charge in [0.15, 0.2) is 0 Å². The predicted molar refractivity (Wildman–Crippen MR) is 98.5 cm³/mol. The van der Waals surface area contributed by atoms with Gasteiger partial charge in [0, 0.05) is 43.1 Å². The number of halogens is 1. The number of hydrogen-bond donors (Lipinski definition) is 0. The smallest absolute Gasteiger partial charge is 0.293 e. The monoisotopic (exact) mass is 382 g/mol. The Kier molecular flexibility index (Phi) is 4.50. The fourth-order valence-corrected chi connectivity index (χ4v) is 3.29. The van der Waals surface area contributed by atoms with Crippen molar-refractivity contribution in [3.05, 3.63) is 58.9 Å². The Labute approximate surface area is 160 Å². The average Bonchev–Trinajstić information content (AvgIpc) is 3.12. The summed E-state index contributed by atoms with van der Waals surface area (Å²) in [6.45, 7) is 5.29. The third-order valence-corrected chi connectivity index (χ3v) is 4.75. The van der Waals surface area contributed by atoms with Gasteiger partial charge in [0.05, 0.1) is 0 Å². The van der Waals surface area contributed by atoms with Crippen molar-refractivity contribution in [1.29, 1.82) is 0 Å². The van der Waals surface area contributed by atoms with Crippen molar-refractivity contribution in [1.82, 2.24) is 29.4 Å². The fourth-order valence-electron chi connectivity index (χ4n) is 3.29. The molecule has 3 aromatic rings. The van der Waals surface area contributed by atoms with Gasteiger partial charge in [0.1, 0.15) is 5.82 Å². The second kappa shape index (κ2) is 6.99. The van der Waals surface area contributed by atoms with E-state index in [1.54, 1.807) is 14.3 Å². The predicted octanol–water partition coefficient (Wildman–Crippen LogP) is 1.48. The molecular weight excluding hydrogens is 363 g/mol. The van der Waals surface area contributed by atoms with E-state index in [0.717, 1.165) is 11.4 Å². The van der Waals surface area contributed by atoms with Crippen molar-refractivity contribution >= 4 is 17.6 Å². The Bertz CT molecular complexity index is 1050. The molecule has 1 fully saturated rings. The molecule has 9 heteroatoms. The van der Waals surface area contributed by atoms with E-state index in [1.807, 2.05) is 19.9 Å². The molecule has 1 aliphatic heterocycles. The van der Waals surface area contributed by atoms with Crippen molar-refractivity contribution in [2.24, 2.45) is 0 Å². The molecule has 2 aromatic heterocycles. The second-order valence-electron chi connectivity index (χ2n) is 6.78. The van der Waals surface area contributed by atoms with E-state index in [-0.39, 0.29) is 23.5 Å². The van der Waals surface area contributed by atoms with Gasteiger partial charge in [-0.1, -0.05) is 0 Å². The minimum absolute atomic E-state index is 0.0968. The van der Waals surface area contributed by atoms with Crippen molar-refractivity contribution in [3.63, 3.8) is 0 Å². The van der Waals surface area contributed by atoms with Crippen molar-refractivity contribution in [2.75, 3.05) is 26.2 Å². The molecule has 1 saturated heterocycles. The lowest BCUT2D eigenvalue weighted by molar-refractivity contribution is 0.0529. The number of aromatic nitrogens is 4. The number of nitrogens with zero attached hydrogens (tertiary/aromatic N) is 6. The summed E-state index contributed by atoms with van der Waals surface area (Å²) in [6, 6.07) is 7.33. The van der Waals surface area contributed by atoms with E-state index in [1.165, 1.54) is 24.3 Å². The van der Waals surface area contributed by atoms with Gasteiger partial charge in [0.2, 0.25) is 5.82 Å². The van der Waals surface area contributed by atoms with Crippen LogP contribution >= 0.6 is 0 Å². The molecule has 0 atom stereocenters. The Morgan fingerprint density at radius 2 is 1.54 bits per heavy atom. The largest absolute Gasteiger partial charge is 0.335 e. The number of carbonyl (C=O) groups excluding carboxylic acids is 2. The van der Waals surface area contributed by atoms with E-state index in [9.17, 15) is 14.0 Å². The van der Waals surface area contributed by atoms with Crippen LogP contribution in [0, 0.1) is 19.7 Å². The number of aryl methyl sites for hydroxylation is 2. The maximum Gasteiger partial charge on any atom is 0.293 e. The molecule has 3 heterocycles. The molecular formula is C19H19FN6O2. The first-order valence-electron chi connectivity index (χ1n) is 8.97. The summed E-state index contributed by atoms with van der Waals surface area (Å²) in [5.41, 5.74) is 2.09. The quantitative estimate of drug-likeness (QED) is 0.670. The SMILES string of the molecule is Cc1cc(C)n2nc(C(=O)N3CCN(C(=O)c4ccc(F)cc4)CC3)nc2n1. The van der Waals surface area contributed by atoms with Crippen molar-refractivity contribution in [2.45, 2.75) is 13.8 Å². The van der Waals surface area contributed by atoms with E-state index in [2.05, 4.69) is 15.1 Å². The van der Waals surface area contributed by atoms with Crippen LogP contribution in [0.4, 0.5) is 4.39 Å². The van der Waals surface area contributed by atoms with E-state index in [4.69, 9.17) is 0 Å². The highest BCUT2D eigenvalue weighted by atomic mass is 19.1. The van der Waals surface area contributed by atoms with Crippen LogP contribution in [-0.4, -0.2) is 67.4 Å². The number of hydrogen-bond acceptors (Lipinski definition) is 5. The number of amides is 2. The Morgan fingerprint density at radius 1 is 0.929 bits per heavy atom. The van der Waals surface area contributed by atoms with Gasteiger partial charge in [-0.05, 0) is 44.2 Å². The first kappa shape index (κ1) is 18.0. The molecule has 0 N–H and O–H groups in total. The molecule has 8 nitrogen and oxygen atoms in total. The lowest BCUT2D eigenvalue weighted by Crippen LogP contribution is -2.50. The summed E-state index contributed by atoms with van der Waals surface area (Å²) >= 11 is 0. The number of rotatable bonds is 2. The van der Waals surface area contributed by atoms with Crippen LogP contribution in [0.5, 0.6) is 0 Å². The van der Waals surface area contributed by atoms with Crippen LogP contribution in [0.2, 0.25) is 0 Å². The molecule has 0 radical (unpaired) electrons. The molecule has 1 aliphatic rings. The molecule has 1 aromatic carbocycles. The zero-order valence-corrected chi connectivity index (χ0v) is 15.6. The van der Waals surface area contributed by atoms with Gasteiger partial charge in [-0.15, -0.1) is 5.10 Å². The highest BCUT2D eigenvalue weighted by molar-refractivity contribution is 5.95. The second-order valence-corrected chi connectivity index (χ2v) is 6.78. The number of benzene rings is 1. The van der Waals surface area contributed by atoms with E-state index >= 15 is 0 Å². The zero-order valence-electron chi connectivity index (χ0n) is 15.6. The summed E-state index contributed by atoms with van der Waals surface area (Å²) in [6.07, 6.45) is 0. The molecule has 0 aliphatic carbocycles. The Balaban J connectivity index is 1.45. The number of piperazine rings is 1. The van der Waals surface area contributed by atoms with Crippen molar-refractivity contribution < 1.29 is 14.0 Å². The molecule has 0 spiro atoms. The molecule has 2 amide bonds. The Hall–Kier alpha value is -3.36. The van der Waals surface area contributed by atoms with Crippen molar-refractivity contribution in [3.8, 4) is 0 Å². The van der Waals surface area contributed by atoms with Crippen LogP contribution in [0.15, 0.2) is 30.3 Å². The highest BCUT2D eigenvalue weighted by Gasteiger charge is 2.28. The lowest BCUT2D eigenvalue weighted by atomic mass is 10.2. The molecule has 144 valence electrons. The standard InChI is InChI=1S/C19H19FN6O2/c1-12-11-13(2)26-19(21-12)22-16(23-26)18(28)25-9-7-24(8-10-25)17(27)14-3-5-15(20)6-4-14/h3-6,11H,7-10H2,1-2H3. The van der Waals surface area contributed by atoms with Gasteiger partial charge in [-0.25, -0.2) is 13.9 Å². The number of carbonyl (C=O) groups is 2. The highest BCUT2D eigenvalue weighted by Crippen LogP contribution is 2.12. The minimum Gasteiger partial charge on any atom is -0.335 e. The first-order chi connectivity index (χ1) is 13.4. The molecule has 0 bridgehead atoms. The van der Waals surface area contributed by atoms with Crippen LogP contribution < -0.4 is 0 Å². The summed E-state index contributed by atoms with van der Waals surface area (Å²) in [4.78, 5) is 37.1. The lowest BCUT2D eigenvalue weighted by Gasteiger charge is -2.34. The topological polar surface area (TPSA) is 83.7 Å². The minimum atomic E-state index is -0.383. The fraction of sp³-hybridized carbons (Fsp3) is 0.316. The van der Waals surface area contributed by atoms with Gasteiger partial charge in [0.25, 0.3) is 17.6 Å². The Morgan fingerprint density at radius 3 is 2.18 bits per heavy atom. The summed E-state index contributed by atoms with van der Waals surface area (Å²) in [5, 5.41) is 4.27. The van der Waals surface area contributed by atoms with Crippen LogP contribution in [-0.2, 0) is 0 Å². The first-order valence-corrected chi connectivity index (χ1v) is 8.97. The molecule has 0 saturated carbocycles. The third kappa shape index (κ3) is 3.30.